The third-order valence-corrected chi connectivity index (χ3v) is 4.95. The Morgan fingerprint density at radius 2 is 2.20 bits per heavy atom. The summed E-state index contributed by atoms with van der Waals surface area (Å²) in [5.41, 5.74) is 0.603. The van der Waals surface area contributed by atoms with Crippen LogP contribution in [0.15, 0.2) is 34.2 Å². The molecule has 0 spiro atoms. The summed E-state index contributed by atoms with van der Waals surface area (Å²) >= 11 is 1.32. The van der Waals surface area contributed by atoms with Crippen molar-refractivity contribution in [2.24, 2.45) is 0 Å². The molecule has 1 aromatic carbocycles. The average Bonchev–Trinajstić information content (AvgIpc) is 3.42. The molecule has 0 bridgehead atoms. The molecule has 134 valence electrons. The molecule has 0 unspecified atom stereocenters. The summed E-state index contributed by atoms with van der Waals surface area (Å²) < 4.78 is 7.03. The van der Waals surface area contributed by atoms with Crippen LogP contribution >= 0.6 is 11.8 Å². The quantitative estimate of drug-likeness (QED) is 0.421. The van der Waals surface area contributed by atoms with Crippen LogP contribution in [0.25, 0.3) is 10.9 Å². The van der Waals surface area contributed by atoms with Crippen LogP contribution in [0, 0.1) is 0 Å². The number of benzene rings is 1. The highest BCUT2D eigenvalue weighted by Gasteiger charge is 2.23. The highest BCUT2D eigenvalue weighted by Crippen LogP contribution is 2.21. The van der Waals surface area contributed by atoms with Crippen LogP contribution in [0.5, 0.6) is 0 Å². The first-order valence-corrected chi connectivity index (χ1v) is 9.67. The van der Waals surface area contributed by atoms with E-state index < -0.39 is 0 Å². The van der Waals surface area contributed by atoms with Gasteiger partial charge in [-0.25, -0.2) is 4.98 Å². The van der Waals surface area contributed by atoms with Crippen LogP contribution in [-0.4, -0.2) is 40.5 Å². The molecule has 0 saturated heterocycles. The Morgan fingerprint density at radius 1 is 1.40 bits per heavy atom. The van der Waals surface area contributed by atoms with Gasteiger partial charge in [-0.05, 0) is 38.3 Å². The second-order valence-corrected chi connectivity index (χ2v) is 6.99. The van der Waals surface area contributed by atoms with Gasteiger partial charge in [-0.3, -0.25) is 14.2 Å². The summed E-state index contributed by atoms with van der Waals surface area (Å²) in [6, 6.07) is 7.66. The van der Waals surface area contributed by atoms with E-state index >= 15 is 0 Å². The maximum absolute atomic E-state index is 12.8. The molecule has 1 N–H and O–H groups in total. The van der Waals surface area contributed by atoms with Crippen molar-refractivity contribution in [2.45, 2.75) is 43.9 Å². The fourth-order valence-electron chi connectivity index (χ4n) is 2.55. The van der Waals surface area contributed by atoms with Crippen molar-refractivity contribution < 1.29 is 9.53 Å². The zero-order chi connectivity index (χ0) is 17.6. The zero-order valence-corrected chi connectivity index (χ0v) is 15.2. The smallest absolute Gasteiger partial charge is 0.262 e. The van der Waals surface area contributed by atoms with Crippen molar-refractivity contribution in [1.82, 2.24) is 14.9 Å². The second-order valence-electron chi connectivity index (χ2n) is 6.05. The first-order chi connectivity index (χ1) is 12.2. The topological polar surface area (TPSA) is 73.2 Å². The van der Waals surface area contributed by atoms with E-state index in [4.69, 9.17) is 4.74 Å². The molecule has 1 aromatic heterocycles. The van der Waals surface area contributed by atoms with Crippen molar-refractivity contribution in [1.29, 1.82) is 0 Å². The van der Waals surface area contributed by atoms with Crippen LogP contribution < -0.4 is 10.9 Å². The normalized spacial score (nSPS) is 14.0. The lowest BCUT2D eigenvalue weighted by Gasteiger charge is -2.13. The van der Waals surface area contributed by atoms with Crippen molar-refractivity contribution in [3.8, 4) is 0 Å². The van der Waals surface area contributed by atoms with Gasteiger partial charge in [0.15, 0.2) is 5.16 Å². The number of carbonyl (C=O) groups excluding carboxylic acids is 1. The van der Waals surface area contributed by atoms with E-state index in [1.807, 2.05) is 25.1 Å². The minimum atomic E-state index is -0.0628. The van der Waals surface area contributed by atoms with Crippen LogP contribution in [0.2, 0.25) is 0 Å². The minimum Gasteiger partial charge on any atom is -0.382 e. The number of nitrogens with one attached hydrogen (secondary N) is 1. The van der Waals surface area contributed by atoms with Gasteiger partial charge in [-0.1, -0.05) is 23.9 Å². The molecule has 1 saturated carbocycles. The van der Waals surface area contributed by atoms with E-state index in [9.17, 15) is 9.59 Å². The monoisotopic (exact) mass is 361 g/mol. The van der Waals surface area contributed by atoms with Crippen LogP contribution in [-0.2, 0) is 16.1 Å². The second kappa shape index (κ2) is 8.49. The summed E-state index contributed by atoms with van der Waals surface area (Å²) in [6.45, 7) is 3.74. The van der Waals surface area contributed by atoms with Crippen molar-refractivity contribution >= 4 is 28.6 Å². The number of hydrogen-bond donors (Lipinski definition) is 1. The molecule has 25 heavy (non-hydrogen) atoms. The fraction of sp³-hybridized carbons (Fsp3) is 0.500. The highest BCUT2D eigenvalue weighted by molar-refractivity contribution is 7.99. The molecule has 0 atom stereocenters. The van der Waals surface area contributed by atoms with E-state index in [0.29, 0.717) is 41.9 Å². The third-order valence-electron chi connectivity index (χ3n) is 3.98. The number of para-hydroxylation sites is 1. The average molecular weight is 361 g/mol. The molecular weight excluding hydrogens is 338 g/mol. The van der Waals surface area contributed by atoms with Gasteiger partial charge in [0.1, 0.15) is 0 Å². The first kappa shape index (κ1) is 17.9. The van der Waals surface area contributed by atoms with Crippen molar-refractivity contribution in [3.05, 3.63) is 34.6 Å². The zero-order valence-electron chi connectivity index (χ0n) is 14.4. The number of rotatable bonds is 9. The van der Waals surface area contributed by atoms with Gasteiger partial charge in [0.2, 0.25) is 5.91 Å². The molecule has 1 heterocycles. The predicted octanol–water partition coefficient (Wildman–Crippen LogP) is 2.19. The molecule has 2 aromatic rings. The van der Waals surface area contributed by atoms with Crippen LogP contribution in [0.4, 0.5) is 0 Å². The van der Waals surface area contributed by atoms with Crippen molar-refractivity contribution in [3.63, 3.8) is 0 Å². The molecule has 3 rings (SSSR count). The summed E-state index contributed by atoms with van der Waals surface area (Å²) in [5, 5.41) is 4.15. The van der Waals surface area contributed by atoms with E-state index in [2.05, 4.69) is 10.3 Å². The summed E-state index contributed by atoms with van der Waals surface area (Å²) in [4.78, 5) is 29.4. The first-order valence-electron chi connectivity index (χ1n) is 8.68. The summed E-state index contributed by atoms with van der Waals surface area (Å²) in [5.74, 6) is 0.267. The fourth-order valence-corrected chi connectivity index (χ4v) is 3.39. The lowest BCUT2D eigenvalue weighted by atomic mass is 10.2. The van der Waals surface area contributed by atoms with Gasteiger partial charge in [-0.2, -0.15) is 0 Å². The largest absolute Gasteiger partial charge is 0.382 e. The van der Waals surface area contributed by atoms with E-state index in [1.165, 1.54) is 11.8 Å². The van der Waals surface area contributed by atoms with E-state index in [1.54, 1.807) is 10.6 Å². The predicted molar refractivity (Wildman–Crippen MR) is 99.0 cm³/mol. The Hall–Kier alpha value is -1.86. The number of hydrogen-bond acceptors (Lipinski definition) is 5. The van der Waals surface area contributed by atoms with Gasteiger partial charge in [0.25, 0.3) is 5.56 Å². The molecule has 1 aliphatic carbocycles. The van der Waals surface area contributed by atoms with E-state index in [-0.39, 0.29) is 17.2 Å². The lowest BCUT2D eigenvalue weighted by molar-refractivity contribution is -0.118. The standard InChI is InChI=1S/C18H23N3O3S/c1-2-24-11-5-10-21-17(23)14-6-3-4-7-15(14)20-18(21)25-12-16(22)19-13-8-9-13/h3-4,6-7,13H,2,5,8-12H2,1H3,(H,19,22). The minimum absolute atomic E-state index is 0.00391. The molecule has 6 nitrogen and oxygen atoms in total. The SMILES string of the molecule is CCOCCCn1c(SCC(=O)NC2CC2)nc2ccccc2c1=O. The van der Waals surface area contributed by atoms with Gasteiger partial charge >= 0.3 is 0 Å². The molecule has 0 radical (unpaired) electrons. The van der Waals surface area contributed by atoms with Crippen LogP contribution in [0.1, 0.15) is 26.2 Å². The molecular formula is C18H23N3O3S. The maximum Gasteiger partial charge on any atom is 0.262 e. The molecule has 1 aliphatic rings. The summed E-state index contributed by atoms with van der Waals surface area (Å²) in [7, 11) is 0. The van der Waals surface area contributed by atoms with Gasteiger partial charge in [-0.15, -0.1) is 0 Å². The number of aromatic nitrogens is 2. The van der Waals surface area contributed by atoms with E-state index in [0.717, 1.165) is 19.3 Å². The highest BCUT2D eigenvalue weighted by atomic mass is 32.2. The number of fused-ring (bicyclic) bond motifs is 1. The Labute approximate surface area is 151 Å². The Morgan fingerprint density at radius 3 is 2.96 bits per heavy atom. The van der Waals surface area contributed by atoms with Gasteiger partial charge in [0.05, 0.1) is 16.7 Å². The lowest BCUT2D eigenvalue weighted by Crippen LogP contribution is -2.28. The Balaban J connectivity index is 1.79. The molecule has 7 heteroatoms. The molecule has 1 amide bonds. The number of ether oxygens (including phenoxy) is 1. The number of thioether (sulfide) groups is 1. The molecule has 1 fully saturated rings. The number of amides is 1. The Kier molecular flexibility index (Phi) is 6.09. The third kappa shape index (κ3) is 4.83. The maximum atomic E-state index is 12.8. The number of nitrogens with zero attached hydrogens (tertiary/aromatic N) is 2. The molecule has 0 aliphatic heterocycles. The summed E-state index contributed by atoms with van der Waals surface area (Å²) in [6.07, 6.45) is 2.86. The van der Waals surface area contributed by atoms with Gasteiger partial charge < -0.3 is 10.1 Å². The van der Waals surface area contributed by atoms with Gasteiger partial charge in [0, 0.05) is 25.8 Å². The Bertz CT molecular complexity index is 802. The number of carbonyl (C=O) groups is 1. The van der Waals surface area contributed by atoms with Crippen LogP contribution in [0.3, 0.4) is 0 Å². The van der Waals surface area contributed by atoms with Crippen molar-refractivity contribution in [2.75, 3.05) is 19.0 Å².